The lowest BCUT2D eigenvalue weighted by molar-refractivity contribution is 0.349. The fraction of sp³-hybridized carbons (Fsp3) is 0.273. The molecule has 1 rings (SSSR count). The Kier molecular flexibility index (Phi) is 3.53. The predicted molar refractivity (Wildman–Crippen MR) is 54.8 cm³/mol. The topological polar surface area (TPSA) is 32.3 Å². The smallest absolute Gasteiger partial charge is 0.102 e. The van der Waals surface area contributed by atoms with Crippen molar-refractivity contribution in [3.05, 3.63) is 48.2 Å². The van der Waals surface area contributed by atoms with Crippen LogP contribution in [0.25, 0.3) is 0 Å². The van der Waals surface area contributed by atoms with Gasteiger partial charge in [-0.15, -0.1) is 0 Å². The molecule has 1 aromatic carbocycles. The molecule has 0 bridgehead atoms. The first-order valence-electron chi connectivity index (χ1n) is 4.33. The van der Waals surface area contributed by atoms with Gasteiger partial charge in [-0.1, -0.05) is 36.9 Å². The van der Waals surface area contributed by atoms with E-state index in [9.17, 15) is 5.11 Å². The van der Waals surface area contributed by atoms with Gasteiger partial charge in [-0.2, -0.15) is 0 Å². The third-order valence-corrected chi connectivity index (χ3v) is 2.03. The fourth-order valence-corrected chi connectivity index (χ4v) is 1.24. The molecule has 0 aliphatic rings. The first-order chi connectivity index (χ1) is 6.24. The van der Waals surface area contributed by atoms with Gasteiger partial charge in [0.2, 0.25) is 0 Å². The predicted octanol–water partition coefficient (Wildman–Crippen LogP) is 1.89. The third-order valence-electron chi connectivity index (χ3n) is 2.03. The minimum absolute atomic E-state index is 0.0533. The van der Waals surface area contributed by atoms with Crippen molar-refractivity contribution in [1.29, 1.82) is 0 Å². The molecule has 0 amide bonds. The summed E-state index contributed by atoms with van der Waals surface area (Å²) in [5.74, 6) is 0.186. The van der Waals surface area contributed by atoms with E-state index in [-0.39, 0.29) is 11.8 Å². The van der Waals surface area contributed by atoms with Crippen LogP contribution in [0.3, 0.4) is 0 Å². The van der Waals surface area contributed by atoms with Gasteiger partial charge in [0.15, 0.2) is 0 Å². The fourth-order valence-electron chi connectivity index (χ4n) is 1.24. The molecule has 0 aliphatic carbocycles. The van der Waals surface area contributed by atoms with Crippen LogP contribution in [0.2, 0.25) is 0 Å². The first kappa shape index (κ1) is 9.81. The molecule has 0 aromatic heterocycles. The van der Waals surface area contributed by atoms with E-state index in [1.165, 1.54) is 5.56 Å². The van der Waals surface area contributed by atoms with Crippen LogP contribution in [0.15, 0.2) is 42.7 Å². The largest absolute Gasteiger partial charge is 0.511 e. The second-order valence-electron chi connectivity index (χ2n) is 3.02. The quantitative estimate of drug-likeness (QED) is 0.688. The Labute approximate surface area is 78.9 Å². The normalized spacial score (nSPS) is 12.4. The van der Waals surface area contributed by atoms with E-state index in [2.05, 4.69) is 11.9 Å². The van der Waals surface area contributed by atoms with Crippen LogP contribution in [-0.4, -0.2) is 18.2 Å². The van der Waals surface area contributed by atoms with Gasteiger partial charge in [-0.3, -0.25) is 0 Å². The average molecular weight is 177 g/mol. The number of rotatable bonds is 4. The average Bonchev–Trinajstić information content (AvgIpc) is 2.15. The maximum absolute atomic E-state index is 9.22. The number of aliphatic hydroxyl groups is 1. The SMILES string of the molecule is C=C(O)C(Cc1ccccc1)NC. The molecule has 2 N–H and O–H groups in total. The van der Waals surface area contributed by atoms with Gasteiger partial charge in [-0.25, -0.2) is 0 Å². The summed E-state index contributed by atoms with van der Waals surface area (Å²) in [6, 6.07) is 9.97. The van der Waals surface area contributed by atoms with E-state index in [1.54, 1.807) is 0 Å². The molecular weight excluding hydrogens is 162 g/mol. The minimum Gasteiger partial charge on any atom is -0.511 e. The highest BCUT2D eigenvalue weighted by Gasteiger charge is 2.08. The lowest BCUT2D eigenvalue weighted by atomic mass is 10.1. The van der Waals surface area contributed by atoms with Gasteiger partial charge in [0, 0.05) is 0 Å². The molecule has 0 spiro atoms. The zero-order valence-electron chi connectivity index (χ0n) is 7.83. The Hall–Kier alpha value is -1.28. The van der Waals surface area contributed by atoms with Crippen LogP contribution < -0.4 is 5.32 Å². The highest BCUT2D eigenvalue weighted by atomic mass is 16.3. The van der Waals surface area contributed by atoms with Gasteiger partial charge in [0.1, 0.15) is 5.76 Å². The summed E-state index contributed by atoms with van der Waals surface area (Å²) in [6.07, 6.45) is 0.771. The van der Waals surface area contributed by atoms with Gasteiger partial charge < -0.3 is 10.4 Å². The maximum Gasteiger partial charge on any atom is 0.102 e. The van der Waals surface area contributed by atoms with E-state index in [4.69, 9.17) is 0 Å². The summed E-state index contributed by atoms with van der Waals surface area (Å²) in [5, 5.41) is 12.2. The second-order valence-corrected chi connectivity index (χ2v) is 3.02. The van der Waals surface area contributed by atoms with Gasteiger partial charge in [0.25, 0.3) is 0 Å². The summed E-state index contributed by atoms with van der Waals surface area (Å²) < 4.78 is 0. The molecule has 0 saturated carbocycles. The number of hydrogen-bond donors (Lipinski definition) is 2. The number of benzene rings is 1. The number of hydrogen-bond acceptors (Lipinski definition) is 2. The van der Waals surface area contributed by atoms with Crippen molar-refractivity contribution in [2.45, 2.75) is 12.5 Å². The Bertz CT molecular complexity index is 269. The molecule has 1 unspecified atom stereocenters. The van der Waals surface area contributed by atoms with Crippen LogP contribution in [0.4, 0.5) is 0 Å². The van der Waals surface area contributed by atoms with Crippen molar-refractivity contribution in [3.63, 3.8) is 0 Å². The summed E-state index contributed by atoms with van der Waals surface area (Å²) in [7, 11) is 1.81. The van der Waals surface area contributed by atoms with Gasteiger partial charge in [-0.05, 0) is 19.0 Å². The zero-order valence-corrected chi connectivity index (χ0v) is 7.83. The zero-order chi connectivity index (χ0) is 9.68. The van der Waals surface area contributed by atoms with Crippen LogP contribution in [0, 0.1) is 0 Å². The molecule has 0 radical (unpaired) electrons. The van der Waals surface area contributed by atoms with E-state index in [1.807, 2.05) is 37.4 Å². The molecule has 0 saturated heterocycles. The summed E-state index contributed by atoms with van der Waals surface area (Å²) in [4.78, 5) is 0. The maximum atomic E-state index is 9.22. The van der Waals surface area contributed by atoms with Crippen molar-refractivity contribution in [1.82, 2.24) is 5.32 Å². The molecule has 1 aromatic rings. The molecule has 1 atom stereocenters. The van der Waals surface area contributed by atoms with Crippen molar-refractivity contribution in [2.24, 2.45) is 0 Å². The van der Waals surface area contributed by atoms with Crippen molar-refractivity contribution >= 4 is 0 Å². The minimum atomic E-state index is -0.0533. The Morgan fingerprint density at radius 2 is 2.08 bits per heavy atom. The lowest BCUT2D eigenvalue weighted by Crippen LogP contribution is -2.29. The standard InChI is InChI=1S/C11H15NO/c1-9(13)11(12-2)8-10-6-4-3-5-7-10/h3-7,11-13H,1,8H2,2H3. The lowest BCUT2D eigenvalue weighted by Gasteiger charge is -2.14. The molecule has 2 nitrogen and oxygen atoms in total. The monoisotopic (exact) mass is 177 g/mol. The highest BCUT2D eigenvalue weighted by Crippen LogP contribution is 2.06. The summed E-state index contributed by atoms with van der Waals surface area (Å²) in [6.45, 7) is 3.52. The first-order valence-corrected chi connectivity index (χ1v) is 4.33. The van der Waals surface area contributed by atoms with E-state index >= 15 is 0 Å². The van der Waals surface area contributed by atoms with Crippen molar-refractivity contribution < 1.29 is 5.11 Å². The van der Waals surface area contributed by atoms with Crippen LogP contribution in [0.1, 0.15) is 5.56 Å². The molecular formula is C11H15NO. The van der Waals surface area contributed by atoms with Crippen LogP contribution >= 0.6 is 0 Å². The molecule has 70 valence electrons. The summed E-state index contributed by atoms with van der Waals surface area (Å²) >= 11 is 0. The molecule has 0 fully saturated rings. The third kappa shape index (κ3) is 2.92. The second kappa shape index (κ2) is 4.67. The van der Waals surface area contributed by atoms with Crippen LogP contribution in [-0.2, 0) is 6.42 Å². The number of aliphatic hydroxyl groups excluding tert-OH is 1. The Morgan fingerprint density at radius 3 is 2.54 bits per heavy atom. The Balaban J connectivity index is 2.62. The van der Waals surface area contributed by atoms with Gasteiger partial charge in [0.05, 0.1) is 6.04 Å². The van der Waals surface area contributed by atoms with Gasteiger partial charge >= 0.3 is 0 Å². The number of likely N-dealkylation sites (N-methyl/N-ethyl adjacent to an activating group) is 1. The van der Waals surface area contributed by atoms with Crippen LogP contribution in [0.5, 0.6) is 0 Å². The van der Waals surface area contributed by atoms with E-state index < -0.39 is 0 Å². The van der Waals surface area contributed by atoms with E-state index in [0.29, 0.717) is 0 Å². The summed E-state index contributed by atoms with van der Waals surface area (Å²) in [5.41, 5.74) is 1.19. The molecule has 13 heavy (non-hydrogen) atoms. The molecule has 2 heteroatoms. The highest BCUT2D eigenvalue weighted by molar-refractivity contribution is 5.17. The molecule has 0 aliphatic heterocycles. The number of nitrogens with one attached hydrogen (secondary N) is 1. The van der Waals surface area contributed by atoms with E-state index in [0.717, 1.165) is 6.42 Å². The Morgan fingerprint density at radius 1 is 1.46 bits per heavy atom. The van der Waals surface area contributed by atoms with Crippen molar-refractivity contribution in [3.8, 4) is 0 Å². The van der Waals surface area contributed by atoms with Crippen molar-refractivity contribution in [2.75, 3.05) is 7.05 Å². The molecule has 0 heterocycles.